The number of carbonyl (C=O) groups is 1. The second-order valence-electron chi connectivity index (χ2n) is 3.88. The first kappa shape index (κ1) is 12.5. The van der Waals surface area contributed by atoms with Crippen molar-refractivity contribution in [3.05, 3.63) is 29.8 Å². The number of urea groups is 1. The van der Waals surface area contributed by atoms with Crippen LogP contribution in [0.15, 0.2) is 24.3 Å². The molecule has 1 aromatic rings. The molecule has 0 fully saturated rings. The number of anilines is 1. The Morgan fingerprint density at radius 3 is 2.44 bits per heavy atom. The maximum atomic E-state index is 11.3. The number of carbonyl (C=O) groups excluding carboxylic acids is 1. The Balaban J connectivity index is 2.51. The largest absolute Gasteiger partial charge is 0.395 e. The molecular weight excluding hydrogens is 204 g/mol. The number of hydrogen-bond donors (Lipinski definition) is 3. The molecule has 0 bridgehead atoms. The van der Waals surface area contributed by atoms with Gasteiger partial charge in [-0.25, -0.2) is 4.79 Å². The van der Waals surface area contributed by atoms with Crippen molar-refractivity contribution in [3.63, 3.8) is 0 Å². The van der Waals surface area contributed by atoms with Gasteiger partial charge in [0, 0.05) is 12.2 Å². The first-order chi connectivity index (χ1) is 7.63. The third-order valence-electron chi connectivity index (χ3n) is 2.23. The summed E-state index contributed by atoms with van der Waals surface area (Å²) in [6.07, 6.45) is 0. The molecule has 88 valence electrons. The van der Waals surface area contributed by atoms with Crippen LogP contribution in [-0.4, -0.2) is 24.3 Å². The molecule has 0 radical (unpaired) electrons. The Kier molecular flexibility index (Phi) is 4.79. The van der Waals surface area contributed by atoms with Crippen molar-refractivity contribution in [1.29, 1.82) is 0 Å². The van der Waals surface area contributed by atoms with Crippen LogP contribution in [0.2, 0.25) is 0 Å². The quantitative estimate of drug-likeness (QED) is 0.729. The summed E-state index contributed by atoms with van der Waals surface area (Å²) >= 11 is 0. The first-order valence-electron chi connectivity index (χ1n) is 5.39. The molecule has 0 aromatic heterocycles. The summed E-state index contributed by atoms with van der Waals surface area (Å²) in [6.45, 7) is 4.45. The number of benzene rings is 1. The van der Waals surface area contributed by atoms with Gasteiger partial charge in [-0.2, -0.15) is 0 Å². The molecule has 0 aliphatic heterocycles. The van der Waals surface area contributed by atoms with Gasteiger partial charge in [0.05, 0.1) is 6.61 Å². The minimum Gasteiger partial charge on any atom is -0.395 e. The maximum absolute atomic E-state index is 11.3. The predicted octanol–water partition coefficient (Wildman–Crippen LogP) is 1.92. The molecule has 16 heavy (non-hydrogen) atoms. The molecule has 3 N–H and O–H groups in total. The minimum atomic E-state index is -0.300. The van der Waals surface area contributed by atoms with E-state index in [1.165, 1.54) is 5.56 Å². The fraction of sp³-hybridized carbons (Fsp3) is 0.417. The van der Waals surface area contributed by atoms with Gasteiger partial charge in [0.1, 0.15) is 0 Å². The second-order valence-corrected chi connectivity index (χ2v) is 3.88. The van der Waals surface area contributed by atoms with Crippen molar-refractivity contribution in [2.24, 2.45) is 0 Å². The van der Waals surface area contributed by atoms with Crippen molar-refractivity contribution in [1.82, 2.24) is 5.32 Å². The number of aliphatic hydroxyl groups excluding tert-OH is 1. The third kappa shape index (κ3) is 3.90. The lowest BCUT2D eigenvalue weighted by Crippen LogP contribution is -2.30. The van der Waals surface area contributed by atoms with Crippen LogP contribution >= 0.6 is 0 Å². The molecule has 0 atom stereocenters. The highest BCUT2D eigenvalue weighted by molar-refractivity contribution is 5.89. The molecule has 0 unspecified atom stereocenters. The fourth-order valence-corrected chi connectivity index (χ4v) is 1.30. The van der Waals surface area contributed by atoms with Gasteiger partial charge < -0.3 is 15.7 Å². The van der Waals surface area contributed by atoms with Gasteiger partial charge in [-0.1, -0.05) is 26.0 Å². The number of nitrogens with one attached hydrogen (secondary N) is 2. The van der Waals surface area contributed by atoms with Crippen molar-refractivity contribution >= 4 is 11.7 Å². The third-order valence-corrected chi connectivity index (χ3v) is 2.23. The van der Waals surface area contributed by atoms with Crippen molar-refractivity contribution in [3.8, 4) is 0 Å². The van der Waals surface area contributed by atoms with Crippen LogP contribution < -0.4 is 10.6 Å². The van der Waals surface area contributed by atoms with Gasteiger partial charge >= 0.3 is 6.03 Å². The number of aliphatic hydroxyl groups is 1. The maximum Gasteiger partial charge on any atom is 0.319 e. The van der Waals surface area contributed by atoms with E-state index in [1.54, 1.807) is 0 Å². The Morgan fingerprint density at radius 2 is 1.94 bits per heavy atom. The SMILES string of the molecule is CC(C)c1ccc(NC(=O)NCCO)cc1. The monoisotopic (exact) mass is 222 g/mol. The minimum absolute atomic E-state index is 0.0558. The van der Waals surface area contributed by atoms with E-state index >= 15 is 0 Å². The molecule has 1 rings (SSSR count). The Labute approximate surface area is 95.7 Å². The van der Waals surface area contributed by atoms with E-state index in [2.05, 4.69) is 24.5 Å². The molecule has 2 amide bonds. The summed E-state index contributed by atoms with van der Waals surface area (Å²) in [5, 5.41) is 13.7. The van der Waals surface area contributed by atoms with Gasteiger partial charge in [0.2, 0.25) is 0 Å². The van der Waals surface area contributed by atoms with Crippen molar-refractivity contribution in [2.75, 3.05) is 18.5 Å². The molecular formula is C12H18N2O2. The van der Waals surface area contributed by atoms with Crippen molar-refractivity contribution < 1.29 is 9.90 Å². The lowest BCUT2D eigenvalue weighted by Gasteiger charge is -2.08. The standard InChI is InChI=1S/C12H18N2O2/c1-9(2)10-3-5-11(6-4-10)14-12(16)13-7-8-15/h3-6,9,15H,7-8H2,1-2H3,(H2,13,14,16). The zero-order valence-corrected chi connectivity index (χ0v) is 9.66. The number of hydrogen-bond acceptors (Lipinski definition) is 2. The zero-order valence-electron chi connectivity index (χ0n) is 9.66. The van der Waals surface area contributed by atoms with E-state index in [0.29, 0.717) is 5.92 Å². The predicted molar refractivity (Wildman–Crippen MR) is 64.6 cm³/mol. The van der Waals surface area contributed by atoms with Crippen LogP contribution in [-0.2, 0) is 0 Å². The summed E-state index contributed by atoms with van der Waals surface area (Å²) in [4.78, 5) is 11.3. The molecule has 0 heterocycles. The smallest absolute Gasteiger partial charge is 0.319 e. The highest BCUT2D eigenvalue weighted by Crippen LogP contribution is 2.16. The summed E-state index contributed by atoms with van der Waals surface area (Å²) in [5.41, 5.74) is 1.99. The van der Waals surface area contributed by atoms with Crippen LogP contribution in [0.1, 0.15) is 25.3 Å². The molecule has 0 aliphatic carbocycles. The molecule has 0 aliphatic rings. The molecule has 0 spiro atoms. The van der Waals surface area contributed by atoms with Gasteiger partial charge in [0.25, 0.3) is 0 Å². The van der Waals surface area contributed by atoms with Crippen LogP contribution in [0.3, 0.4) is 0 Å². The summed E-state index contributed by atoms with van der Waals surface area (Å²) in [6, 6.07) is 7.42. The van der Waals surface area contributed by atoms with Crippen LogP contribution in [0.4, 0.5) is 10.5 Å². The van der Waals surface area contributed by atoms with Crippen LogP contribution in [0.25, 0.3) is 0 Å². The van der Waals surface area contributed by atoms with Gasteiger partial charge in [-0.15, -0.1) is 0 Å². The molecule has 1 aromatic carbocycles. The highest BCUT2D eigenvalue weighted by Gasteiger charge is 2.01. The zero-order chi connectivity index (χ0) is 12.0. The molecule has 4 nitrogen and oxygen atoms in total. The summed E-state index contributed by atoms with van der Waals surface area (Å²) < 4.78 is 0. The van der Waals surface area contributed by atoms with E-state index in [4.69, 9.17) is 5.11 Å². The number of rotatable bonds is 4. The summed E-state index contributed by atoms with van der Waals surface area (Å²) in [7, 11) is 0. The van der Waals surface area contributed by atoms with Crippen LogP contribution in [0.5, 0.6) is 0 Å². The topological polar surface area (TPSA) is 61.4 Å². The second kappa shape index (κ2) is 6.12. The van der Waals surface area contributed by atoms with Crippen LogP contribution in [0, 0.1) is 0 Å². The molecule has 0 saturated heterocycles. The molecule has 0 saturated carbocycles. The molecule has 4 heteroatoms. The Morgan fingerprint density at radius 1 is 1.31 bits per heavy atom. The fourth-order valence-electron chi connectivity index (χ4n) is 1.30. The van der Waals surface area contributed by atoms with Gasteiger partial charge in [-0.3, -0.25) is 0 Å². The first-order valence-corrected chi connectivity index (χ1v) is 5.39. The lowest BCUT2D eigenvalue weighted by atomic mass is 10.0. The van der Waals surface area contributed by atoms with Crippen molar-refractivity contribution in [2.45, 2.75) is 19.8 Å². The Bertz CT molecular complexity index is 333. The van der Waals surface area contributed by atoms with E-state index in [1.807, 2.05) is 24.3 Å². The highest BCUT2D eigenvalue weighted by atomic mass is 16.3. The normalized spacial score (nSPS) is 10.2. The Hall–Kier alpha value is -1.55. The lowest BCUT2D eigenvalue weighted by molar-refractivity contribution is 0.245. The van der Waals surface area contributed by atoms with E-state index < -0.39 is 0 Å². The number of amides is 2. The van der Waals surface area contributed by atoms with E-state index in [0.717, 1.165) is 5.69 Å². The van der Waals surface area contributed by atoms with E-state index in [-0.39, 0.29) is 19.2 Å². The van der Waals surface area contributed by atoms with E-state index in [9.17, 15) is 4.79 Å². The average Bonchev–Trinajstić information content (AvgIpc) is 2.27. The van der Waals surface area contributed by atoms with Gasteiger partial charge in [-0.05, 0) is 23.6 Å². The average molecular weight is 222 g/mol. The van der Waals surface area contributed by atoms with Gasteiger partial charge in [0.15, 0.2) is 0 Å². The summed E-state index contributed by atoms with van der Waals surface area (Å²) in [5.74, 6) is 0.484.